The zero-order valence-electron chi connectivity index (χ0n) is 18.4. The Labute approximate surface area is 181 Å². The van der Waals surface area contributed by atoms with Crippen LogP contribution in [0.3, 0.4) is 0 Å². The number of hydrogen-bond acceptors (Lipinski definition) is 4. The fraction of sp³-hybridized carbons (Fsp3) is 0.458. The highest BCUT2D eigenvalue weighted by Gasteiger charge is 2.22. The number of pyridine rings is 1. The molecule has 0 unspecified atom stereocenters. The molecule has 6 nitrogen and oxygen atoms in total. The number of nitrogens with zero attached hydrogens (tertiary/aromatic N) is 3. The summed E-state index contributed by atoms with van der Waals surface area (Å²) in [6, 6.07) is 6.60. The van der Waals surface area contributed by atoms with Gasteiger partial charge in [0.25, 0.3) is 0 Å². The molecule has 4 rings (SSSR count). The van der Waals surface area contributed by atoms with Gasteiger partial charge in [-0.25, -0.2) is 9.07 Å². The first-order valence-electron chi connectivity index (χ1n) is 11.0. The molecule has 1 N–H and O–H groups in total. The average Bonchev–Trinajstić information content (AvgIpc) is 3.35. The van der Waals surface area contributed by atoms with E-state index in [0.29, 0.717) is 42.7 Å². The van der Waals surface area contributed by atoms with E-state index in [1.807, 2.05) is 20.8 Å². The lowest BCUT2D eigenvalue weighted by atomic mass is 10.0. The van der Waals surface area contributed by atoms with Crippen LogP contribution >= 0.6 is 0 Å². The number of carbonyl (C=O) groups excluding carboxylic acids is 1. The second-order valence-corrected chi connectivity index (χ2v) is 8.18. The van der Waals surface area contributed by atoms with Crippen molar-refractivity contribution in [1.82, 2.24) is 20.1 Å². The van der Waals surface area contributed by atoms with E-state index in [-0.39, 0.29) is 11.7 Å². The SMILES string of the molecule is CCOc1nc2c(c(C)nn2-c2cccc(F)c2)c(C)c1CCC(=O)NC1CCCC1. The minimum absolute atomic E-state index is 0.0704. The summed E-state index contributed by atoms with van der Waals surface area (Å²) in [7, 11) is 0. The maximum Gasteiger partial charge on any atom is 0.220 e. The summed E-state index contributed by atoms with van der Waals surface area (Å²) in [5.74, 6) is 0.255. The highest BCUT2D eigenvalue weighted by molar-refractivity contribution is 5.86. The molecular weight excluding hydrogens is 395 g/mol. The van der Waals surface area contributed by atoms with Crippen molar-refractivity contribution >= 4 is 16.9 Å². The van der Waals surface area contributed by atoms with Crippen molar-refractivity contribution in [3.8, 4) is 11.6 Å². The third-order valence-corrected chi connectivity index (χ3v) is 5.99. The van der Waals surface area contributed by atoms with Crippen LogP contribution in [0.5, 0.6) is 5.88 Å². The number of fused-ring (bicyclic) bond motifs is 1. The first-order valence-corrected chi connectivity index (χ1v) is 11.0. The molecule has 3 aromatic rings. The van der Waals surface area contributed by atoms with Crippen LogP contribution in [0.1, 0.15) is 55.8 Å². The second-order valence-electron chi connectivity index (χ2n) is 8.18. The van der Waals surface area contributed by atoms with Crippen LogP contribution < -0.4 is 10.1 Å². The van der Waals surface area contributed by atoms with E-state index in [1.165, 1.54) is 25.0 Å². The van der Waals surface area contributed by atoms with Gasteiger partial charge in [0.05, 0.1) is 18.0 Å². The van der Waals surface area contributed by atoms with Gasteiger partial charge in [0, 0.05) is 23.4 Å². The Balaban J connectivity index is 1.68. The van der Waals surface area contributed by atoms with Gasteiger partial charge in [0.15, 0.2) is 5.65 Å². The normalized spacial score (nSPS) is 14.3. The molecule has 0 atom stereocenters. The first-order chi connectivity index (χ1) is 15.0. The molecule has 1 aliphatic carbocycles. The molecule has 2 aromatic heterocycles. The van der Waals surface area contributed by atoms with E-state index in [2.05, 4.69) is 10.4 Å². The van der Waals surface area contributed by atoms with Crippen molar-refractivity contribution in [2.45, 2.75) is 65.3 Å². The standard InChI is InChI=1S/C24H29FN4O2/c1-4-31-24-20(12-13-21(30)26-18-9-5-6-10-18)15(2)22-16(3)28-29(23(22)27-24)19-11-7-8-17(25)14-19/h7-8,11,14,18H,4-6,9-10,12-13H2,1-3H3,(H,26,30). The van der Waals surface area contributed by atoms with E-state index in [0.717, 1.165) is 35.0 Å². The lowest BCUT2D eigenvalue weighted by molar-refractivity contribution is -0.121. The molecular formula is C24H29FN4O2. The monoisotopic (exact) mass is 424 g/mol. The Morgan fingerprint density at radius 2 is 2.06 bits per heavy atom. The van der Waals surface area contributed by atoms with Crippen LogP contribution in [0, 0.1) is 19.7 Å². The Morgan fingerprint density at radius 1 is 1.29 bits per heavy atom. The molecule has 2 heterocycles. The maximum atomic E-state index is 13.8. The molecule has 164 valence electrons. The lowest BCUT2D eigenvalue weighted by Crippen LogP contribution is -2.32. The smallest absolute Gasteiger partial charge is 0.220 e. The highest BCUT2D eigenvalue weighted by atomic mass is 19.1. The Kier molecular flexibility index (Phi) is 6.20. The summed E-state index contributed by atoms with van der Waals surface area (Å²) in [5, 5.41) is 8.68. The average molecular weight is 425 g/mol. The van der Waals surface area contributed by atoms with Crippen LogP contribution in [0.15, 0.2) is 24.3 Å². The molecule has 0 radical (unpaired) electrons. The summed E-state index contributed by atoms with van der Waals surface area (Å²) in [5.41, 5.74) is 3.98. The summed E-state index contributed by atoms with van der Waals surface area (Å²) in [6.07, 6.45) is 5.46. The number of ether oxygens (including phenoxy) is 1. The zero-order valence-corrected chi connectivity index (χ0v) is 18.4. The molecule has 0 bridgehead atoms. The van der Waals surface area contributed by atoms with E-state index < -0.39 is 0 Å². The molecule has 31 heavy (non-hydrogen) atoms. The number of nitrogens with one attached hydrogen (secondary N) is 1. The molecule has 1 fully saturated rings. The zero-order chi connectivity index (χ0) is 22.0. The van der Waals surface area contributed by atoms with Crippen LogP contribution in [0.2, 0.25) is 0 Å². The van der Waals surface area contributed by atoms with Crippen molar-refractivity contribution in [1.29, 1.82) is 0 Å². The van der Waals surface area contributed by atoms with E-state index >= 15 is 0 Å². The van der Waals surface area contributed by atoms with Gasteiger partial charge < -0.3 is 10.1 Å². The van der Waals surface area contributed by atoms with Gasteiger partial charge in [0.1, 0.15) is 5.82 Å². The van der Waals surface area contributed by atoms with Gasteiger partial charge >= 0.3 is 0 Å². The minimum atomic E-state index is -0.328. The molecule has 0 aliphatic heterocycles. The molecule has 1 aromatic carbocycles. The second kappa shape index (κ2) is 9.04. The quantitative estimate of drug-likeness (QED) is 0.603. The molecule has 1 amide bonds. The number of hydrogen-bond donors (Lipinski definition) is 1. The van der Waals surface area contributed by atoms with Crippen molar-refractivity contribution in [2.75, 3.05) is 6.61 Å². The van der Waals surface area contributed by atoms with Crippen LogP contribution in [-0.4, -0.2) is 33.3 Å². The van der Waals surface area contributed by atoms with E-state index in [9.17, 15) is 9.18 Å². The summed E-state index contributed by atoms with van der Waals surface area (Å²) in [4.78, 5) is 17.2. The maximum absolute atomic E-state index is 13.8. The number of benzene rings is 1. The van der Waals surface area contributed by atoms with Crippen LogP contribution in [0.4, 0.5) is 4.39 Å². The minimum Gasteiger partial charge on any atom is -0.478 e. The van der Waals surface area contributed by atoms with E-state index in [4.69, 9.17) is 9.72 Å². The number of carbonyl (C=O) groups is 1. The summed E-state index contributed by atoms with van der Waals surface area (Å²) >= 11 is 0. The topological polar surface area (TPSA) is 69.0 Å². The third kappa shape index (κ3) is 4.40. The van der Waals surface area contributed by atoms with Gasteiger partial charge in [-0.1, -0.05) is 18.9 Å². The Hall–Kier alpha value is -2.96. The summed E-state index contributed by atoms with van der Waals surface area (Å²) < 4.78 is 21.3. The highest BCUT2D eigenvalue weighted by Crippen LogP contribution is 2.32. The predicted octanol–water partition coefficient (Wildman–Crippen LogP) is 4.57. The fourth-order valence-corrected chi connectivity index (χ4v) is 4.48. The molecule has 0 saturated heterocycles. The lowest BCUT2D eigenvalue weighted by Gasteiger charge is -2.15. The van der Waals surface area contributed by atoms with E-state index in [1.54, 1.807) is 16.8 Å². The number of aryl methyl sites for hydroxylation is 2. The van der Waals surface area contributed by atoms with Crippen LogP contribution in [-0.2, 0) is 11.2 Å². The fourth-order valence-electron chi connectivity index (χ4n) is 4.48. The van der Waals surface area contributed by atoms with Gasteiger partial charge in [-0.3, -0.25) is 4.79 Å². The molecule has 7 heteroatoms. The Morgan fingerprint density at radius 3 is 2.77 bits per heavy atom. The van der Waals surface area contributed by atoms with Gasteiger partial charge in [0.2, 0.25) is 11.8 Å². The van der Waals surface area contributed by atoms with Gasteiger partial charge in [-0.15, -0.1) is 0 Å². The van der Waals surface area contributed by atoms with Crippen molar-refractivity contribution in [2.24, 2.45) is 0 Å². The van der Waals surface area contributed by atoms with Gasteiger partial charge in [-0.05, 0) is 63.8 Å². The van der Waals surface area contributed by atoms with Crippen LogP contribution in [0.25, 0.3) is 16.7 Å². The number of amides is 1. The third-order valence-electron chi connectivity index (χ3n) is 5.99. The predicted molar refractivity (Wildman–Crippen MR) is 118 cm³/mol. The number of rotatable bonds is 7. The summed E-state index contributed by atoms with van der Waals surface area (Å²) in [6.45, 7) is 6.31. The van der Waals surface area contributed by atoms with Crippen molar-refractivity contribution < 1.29 is 13.9 Å². The molecule has 1 saturated carbocycles. The largest absolute Gasteiger partial charge is 0.478 e. The van der Waals surface area contributed by atoms with Crippen molar-refractivity contribution in [3.63, 3.8) is 0 Å². The number of halogens is 1. The number of aromatic nitrogens is 3. The Bertz CT molecular complexity index is 1100. The van der Waals surface area contributed by atoms with Gasteiger partial charge in [-0.2, -0.15) is 10.1 Å². The molecule has 0 spiro atoms. The first kappa shape index (κ1) is 21.3. The molecule has 1 aliphatic rings. The van der Waals surface area contributed by atoms with Crippen molar-refractivity contribution in [3.05, 3.63) is 46.9 Å².